The van der Waals surface area contributed by atoms with Gasteiger partial charge in [-0.25, -0.2) is 4.98 Å². The van der Waals surface area contributed by atoms with Gasteiger partial charge >= 0.3 is 0 Å². The molecule has 11 heterocycles. The zero-order valence-electron chi connectivity index (χ0n) is 53.8. The van der Waals surface area contributed by atoms with Gasteiger partial charge in [0.15, 0.2) is 0 Å². The summed E-state index contributed by atoms with van der Waals surface area (Å²) in [5.41, 5.74) is 26.9. The molecule has 0 N–H and O–H groups in total. The van der Waals surface area contributed by atoms with Gasteiger partial charge in [-0.15, -0.1) is 0 Å². The van der Waals surface area contributed by atoms with Gasteiger partial charge in [0.2, 0.25) is 0 Å². The first-order valence-electron chi connectivity index (χ1n) is 33.4. The van der Waals surface area contributed by atoms with Crippen LogP contribution in [-0.4, -0.2) is 53.2 Å². The van der Waals surface area contributed by atoms with Gasteiger partial charge in [0.05, 0.1) is 95.0 Å². The zero-order valence-corrected chi connectivity index (χ0v) is 53.8. The van der Waals surface area contributed by atoms with Crippen LogP contribution in [0.4, 0.5) is 0 Å². The molecule has 20 rings (SSSR count). The summed E-state index contributed by atoms with van der Waals surface area (Å²) < 4.78 is 9.34. The number of hydrogen-bond acceptors (Lipinski definition) is 7. The quantitative estimate of drug-likeness (QED) is 0.134. The van der Waals surface area contributed by atoms with E-state index < -0.39 is 0 Å². The third-order valence-electron chi connectivity index (χ3n) is 19.1. The van der Waals surface area contributed by atoms with E-state index in [1.54, 1.807) is 12.4 Å². The third-order valence-corrected chi connectivity index (χ3v) is 19.1. The number of rotatable bonds is 10. The highest BCUT2D eigenvalue weighted by Gasteiger charge is 2.23. The molecule has 0 amide bonds. The summed E-state index contributed by atoms with van der Waals surface area (Å²) in [6.07, 6.45) is 11.0. The molecule has 0 atom stereocenters. The van der Waals surface area contributed by atoms with E-state index in [0.29, 0.717) is 0 Å². The molecule has 0 fully saturated rings. The van der Waals surface area contributed by atoms with Crippen molar-refractivity contribution in [2.75, 3.05) is 0 Å². The molecule has 0 bridgehead atoms. The smallest absolute Gasteiger partial charge is 0.0963 e. The molecule has 0 saturated heterocycles. The number of hydrogen-bond donors (Lipinski definition) is 0. The molecule has 11 aromatic heterocycles. The Bertz CT molecular complexity index is 5990. The lowest BCUT2D eigenvalue weighted by atomic mass is 9.98. The van der Waals surface area contributed by atoms with Crippen molar-refractivity contribution in [2.24, 2.45) is 0 Å². The summed E-state index contributed by atoms with van der Waals surface area (Å²) in [6.45, 7) is 0. The number of nitrogens with zero attached hydrogens (tertiary/aromatic N) is 11. The van der Waals surface area contributed by atoms with E-state index in [0.717, 1.165) is 123 Å². The molecule has 11 heteroatoms. The number of pyridine rings is 7. The van der Waals surface area contributed by atoms with E-state index in [1.807, 2.05) is 97.6 Å². The Hall–Kier alpha value is -13.8. The fourth-order valence-electron chi connectivity index (χ4n) is 14.8. The van der Waals surface area contributed by atoms with Crippen LogP contribution in [0.3, 0.4) is 0 Å². The zero-order chi connectivity index (χ0) is 66.0. The Balaban J connectivity index is 0.000000139. The summed E-state index contributed by atoms with van der Waals surface area (Å²) in [6, 6.07) is 108. The Morgan fingerprint density at radius 3 is 0.990 bits per heavy atom. The van der Waals surface area contributed by atoms with Gasteiger partial charge in [0.1, 0.15) is 0 Å². The lowest BCUT2D eigenvalue weighted by Crippen LogP contribution is -1.99. The second kappa shape index (κ2) is 24.2. The van der Waals surface area contributed by atoms with Crippen LogP contribution in [-0.2, 0) is 0 Å². The number of aromatic nitrogens is 11. The summed E-state index contributed by atoms with van der Waals surface area (Å²) in [4.78, 5) is 33.6. The molecule has 20 aromatic rings. The first-order valence-corrected chi connectivity index (χ1v) is 33.4. The molecule has 0 spiro atoms. The SMILES string of the molecule is c1ccc(-n2c3ccccc3c3c(-c4ccc5c(c4)c4ncccc4n5-c4cc(-c5ccccn5)cc(-c5ccccn5)c4)cccc32)cc1.c1ccc(-n2c3ccccc3c3c(-c4ccc5c(c4)c4ncccc4n5-c4cc(-c5ccccn5)nc(-c5ccccn5)c4)cccc32)cc1. The van der Waals surface area contributed by atoms with E-state index in [9.17, 15) is 0 Å². The van der Waals surface area contributed by atoms with E-state index in [1.165, 1.54) is 54.7 Å². The molecule has 0 aliphatic heterocycles. The Morgan fingerprint density at radius 2 is 0.550 bits per heavy atom. The van der Waals surface area contributed by atoms with Crippen molar-refractivity contribution in [3.05, 3.63) is 347 Å². The average Bonchev–Trinajstić information content (AvgIpc) is 1.58. The molecule has 468 valence electrons. The highest BCUT2D eigenvalue weighted by molar-refractivity contribution is 6.19. The molecule has 0 aliphatic carbocycles. The maximum atomic E-state index is 5.02. The molecule has 0 radical (unpaired) electrons. The number of benzene rings is 9. The Kier molecular flexibility index (Phi) is 13.9. The first-order chi connectivity index (χ1) is 49.6. The Labute approximate surface area is 574 Å². The second-order valence-corrected chi connectivity index (χ2v) is 24.9. The van der Waals surface area contributed by atoms with Gasteiger partial charge in [-0.3, -0.25) is 29.9 Å². The van der Waals surface area contributed by atoms with Gasteiger partial charge in [0, 0.05) is 97.7 Å². The van der Waals surface area contributed by atoms with Crippen LogP contribution >= 0.6 is 0 Å². The monoisotopic (exact) mass is 1280 g/mol. The molecule has 0 saturated carbocycles. The minimum absolute atomic E-state index is 0.778. The largest absolute Gasteiger partial charge is 0.309 e. The van der Waals surface area contributed by atoms with Crippen LogP contribution in [0.1, 0.15) is 0 Å². The van der Waals surface area contributed by atoms with Crippen molar-refractivity contribution in [3.8, 4) is 90.3 Å². The van der Waals surface area contributed by atoms with Gasteiger partial charge < -0.3 is 18.3 Å². The van der Waals surface area contributed by atoms with E-state index >= 15 is 0 Å². The highest BCUT2D eigenvalue weighted by atomic mass is 15.0. The maximum Gasteiger partial charge on any atom is 0.0963 e. The van der Waals surface area contributed by atoms with Gasteiger partial charge in [-0.2, -0.15) is 0 Å². The fraction of sp³-hybridized carbons (Fsp3) is 0. The molecule has 100 heavy (non-hydrogen) atoms. The number of fused-ring (bicyclic) bond motifs is 12. The predicted molar refractivity (Wildman–Crippen MR) is 407 cm³/mol. The summed E-state index contributed by atoms with van der Waals surface area (Å²) >= 11 is 0. The van der Waals surface area contributed by atoms with Gasteiger partial charge in [-0.05, 0) is 198 Å². The second-order valence-electron chi connectivity index (χ2n) is 24.9. The minimum atomic E-state index is 0.778. The lowest BCUT2D eigenvalue weighted by molar-refractivity contribution is 1.14. The normalized spacial score (nSPS) is 11.6. The molecule has 9 aromatic carbocycles. The van der Waals surface area contributed by atoms with Gasteiger partial charge in [0.25, 0.3) is 0 Å². The van der Waals surface area contributed by atoms with Crippen molar-refractivity contribution in [2.45, 2.75) is 0 Å². The topological polar surface area (TPSA) is 110 Å². The van der Waals surface area contributed by atoms with Crippen molar-refractivity contribution >= 4 is 87.5 Å². The van der Waals surface area contributed by atoms with E-state index in [4.69, 9.17) is 24.9 Å². The van der Waals surface area contributed by atoms with Crippen LogP contribution in [0.15, 0.2) is 347 Å². The lowest BCUT2D eigenvalue weighted by Gasteiger charge is -2.13. The summed E-state index contributed by atoms with van der Waals surface area (Å²) in [5, 5.41) is 7.12. The average molecular weight is 1280 g/mol. The fourth-order valence-corrected chi connectivity index (χ4v) is 14.8. The van der Waals surface area contributed by atoms with Crippen LogP contribution in [0.2, 0.25) is 0 Å². The standard InChI is InChI=1S/C45H29N5.C44H28N6/c1-2-12-33(13-3-1)49-40-18-5-4-14-36(40)44-35(15-10-19-42(44)49)30-21-22-41-37(29-30)45-43(20-11-25-48-45)50(41)34-27-31(38-16-6-8-23-46-38)26-32(28-34)39-17-7-9-24-47-39;1-2-12-30(13-3-1)49-39-18-5-4-14-33(39)43-32(15-10-19-41(43)49)29-21-22-40-34(26-29)44-42(20-11-25-47-44)50(40)31-27-37(35-16-6-8-23-45-35)48-38(28-31)36-17-7-9-24-46-36/h1-29H;1-28H. The Morgan fingerprint density at radius 1 is 0.190 bits per heavy atom. The van der Waals surface area contributed by atoms with Gasteiger partial charge in [-0.1, -0.05) is 133 Å². The van der Waals surface area contributed by atoms with Crippen molar-refractivity contribution in [1.82, 2.24) is 53.2 Å². The molecule has 0 aliphatic rings. The van der Waals surface area contributed by atoms with Crippen LogP contribution < -0.4 is 0 Å². The summed E-state index contributed by atoms with van der Waals surface area (Å²) in [5.74, 6) is 0. The number of para-hydroxylation sites is 4. The van der Waals surface area contributed by atoms with E-state index in [2.05, 4.69) is 265 Å². The molecule has 11 nitrogen and oxygen atoms in total. The van der Waals surface area contributed by atoms with Crippen LogP contribution in [0, 0.1) is 0 Å². The first kappa shape index (κ1) is 57.7. The van der Waals surface area contributed by atoms with E-state index in [-0.39, 0.29) is 0 Å². The molecule has 0 unspecified atom stereocenters. The van der Waals surface area contributed by atoms with Crippen LogP contribution in [0.25, 0.3) is 178 Å². The third kappa shape index (κ3) is 9.78. The maximum absolute atomic E-state index is 5.02. The predicted octanol–water partition coefficient (Wildman–Crippen LogP) is 21.5. The highest BCUT2D eigenvalue weighted by Crippen LogP contribution is 2.44. The van der Waals surface area contributed by atoms with Crippen molar-refractivity contribution in [3.63, 3.8) is 0 Å². The van der Waals surface area contributed by atoms with Crippen LogP contribution in [0.5, 0.6) is 0 Å². The van der Waals surface area contributed by atoms with Crippen molar-refractivity contribution < 1.29 is 0 Å². The molecular formula is C89H57N11. The summed E-state index contributed by atoms with van der Waals surface area (Å²) in [7, 11) is 0. The minimum Gasteiger partial charge on any atom is -0.309 e. The van der Waals surface area contributed by atoms with Crippen molar-refractivity contribution in [1.29, 1.82) is 0 Å². The molecular weight excluding hydrogens is 1220 g/mol.